The summed E-state index contributed by atoms with van der Waals surface area (Å²) in [4.78, 5) is 14.7. The summed E-state index contributed by atoms with van der Waals surface area (Å²) in [6.45, 7) is 0. The van der Waals surface area contributed by atoms with Gasteiger partial charge in [-0.25, -0.2) is 4.98 Å². The summed E-state index contributed by atoms with van der Waals surface area (Å²) in [5.41, 5.74) is 5.28. The standard InChI is InChI=1S/C18H16N4O4S/c1-25-16-8-3-12(9-17(16)26-2)10-19-21-18-20-15(11-27-18)13-4-6-14(7-5-13)22(23)24/h3-11H,1-2H3,(H,20,21). The summed E-state index contributed by atoms with van der Waals surface area (Å²) in [7, 11) is 3.16. The molecule has 0 unspecified atom stereocenters. The van der Waals surface area contributed by atoms with E-state index in [0.717, 1.165) is 16.8 Å². The first-order valence-corrected chi connectivity index (χ1v) is 8.70. The summed E-state index contributed by atoms with van der Waals surface area (Å²) in [6, 6.07) is 11.7. The smallest absolute Gasteiger partial charge is 0.269 e. The Morgan fingerprint density at radius 1 is 1.15 bits per heavy atom. The first-order chi connectivity index (χ1) is 13.1. The van der Waals surface area contributed by atoms with E-state index in [1.165, 1.54) is 23.5 Å². The molecule has 1 aromatic heterocycles. The zero-order valence-electron chi connectivity index (χ0n) is 14.6. The predicted octanol–water partition coefficient (Wildman–Crippen LogP) is 4.18. The van der Waals surface area contributed by atoms with Crippen molar-refractivity contribution in [2.75, 3.05) is 19.6 Å². The van der Waals surface area contributed by atoms with Crippen LogP contribution in [0.15, 0.2) is 52.9 Å². The Hall–Kier alpha value is -3.46. The van der Waals surface area contributed by atoms with Crippen molar-refractivity contribution in [3.05, 3.63) is 63.5 Å². The molecule has 0 radical (unpaired) electrons. The molecule has 0 bridgehead atoms. The van der Waals surface area contributed by atoms with E-state index in [1.54, 1.807) is 38.6 Å². The van der Waals surface area contributed by atoms with Gasteiger partial charge in [0.05, 0.1) is 31.1 Å². The first kappa shape index (κ1) is 18.3. The van der Waals surface area contributed by atoms with Gasteiger partial charge in [0, 0.05) is 23.1 Å². The van der Waals surface area contributed by atoms with Crippen LogP contribution in [-0.2, 0) is 0 Å². The van der Waals surface area contributed by atoms with Crippen LogP contribution in [0.25, 0.3) is 11.3 Å². The van der Waals surface area contributed by atoms with Crippen LogP contribution in [0.1, 0.15) is 5.56 Å². The fourth-order valence-corrected chi connectivity index (χ4v) is 2.98. The number of anilines is 1. The number of non-ortho nitro benzene ring substituents is 1. The molecule has 0 aliphatic heterocycles. The Bertz CT molecular complexity index is 970. The van der Waals surface area contributed by atoms with E-state index in [9.17, 15) is 10.1 Å². The number of rotatable bonds is 7. The van der Waals surface area contributed by atoms with Crippen LogP contribution < -0.4 is 14.9 Å². The molecule has 0 atom stereocenters. The highest BCUT2D eigenvalue weighted by atomic mass is 32.1. The van der Waals surface area contributed by atoms with E-state index in [2.05, 4.69) is 15.5 Å². The number of hydrogen-bond acceptors (Lipinski definition) is 8. The van der Waals surface area contributed by atoms with Crippen molar-refractivity contribution in [1.29, 1.82) is 0 Å². The van der Waals surface area contributed by atoms with Gasteiger partial charge in [-0.2, -0.15) is 5.10 Å². The van der Waals surface area contributed by atoms with Crippen LogP contribution >= 0.6 is 11.3 Å². The molecule has 0 saturated carbocycles. The molecule has 0 amide bonds. The largest absolute Gasteiger partial charge is 0.493 e. The fraction of sp³-hybridized carbons (Fsp3) is 0.111. The monoisotopic (exact) mass is 384 g/mol. The lowest BCUT2D eigenvalue weighted by molar-refractivity contribution is -0.384. The third kappa shape index (κ3) is 4.39. The molecule has 0 spiro atoms. The van der Waals surface area contributed by atoms with Crippen molar-refractivity contribution >= 4 is 28.4 Å². The summed E-state index contributed by atoms with van der Waals surface area (Å²) in [6.07, 6.45) is 1.65. The van der Waals surface area contributed by atoms with Crippen molar-refractivity contribution in [3.8, 4) is 22.8 Å². The number of nitro benzene ring substituents is 1. The van der Waals surface area contributed by atoms with Gasteiger partial charge < -0.3 is 9.47 Å². The molecule has 0 saturated heterocycles. The van der Waals surface area contributed by atoms with Crippen LogP contribution in [-0.4, -0.2) is 30.3 Å². The second-order valence-electron chi connectivity index (χ2n) is 5.33. The van der Waals surface area contributed by atoms with Crippen molar-refractivity contribution in [2.45, 2.75) is 0 Å². The van der Waals surface area contributed by atoms with Crippen LogP contribution in [0.5, 0.6) is 11.5 Å². The van der Waals surface area contributed by atoms with Gasteiger partial charge in [0.1, 0.15) is 0 Å². The maximum atomic E-state index is 10.7. The Kier molecular flexibility index (Phi) is 5.62. The topological polar surface area (TPSA) is 98.9 Å². The lowest BCUT2D eigenvalue weighted by atomic mass is 10.1. The molecule has 8 nitrogen and oxygen atoms in total. The predicted molar refractivity (Wildman–Crippen MR) is 105 cm³/mol. The lowest BCUT2D eigenvalue weighted by Crippen LogP contribution is -1.94. The zero-order valence-corrected chi connectivity index (χ0v) is 15.4. The van der Waals surface area contributed by atoms with Gasteiger partial charge in [-0.3, -0.25) is 15.5 Å². The van der Waals surface area contributed by atoms with Gasteiger partial charge in [0.2, 0.25) is 5.13 Å². The normalized spacial score (nSPS) is 10.7. The maximum Gasteiger partial charge on any atom is 0.269 e. The molecule has 27 heavy (non-hydrogen) atoms. The average Bonchev–Trinajstić information content (AvgIpc) is 3.16. The van der Waals surface area contributed by atoms with Crippen molar-refractivity contribution in [1.82, 2.24) is 4.98 Å². The van der Waals surface area contributed by atoms with Crippen molar-refractivity contribution < 1.29 is 14.4 Å². The zero-order chi connectivity index (χ0) is 19.2. The minimum absolute atomic E-state index is 0.0480. The van der Waals surface area contributed by atoms with E-state index < -0.39 is 4.92 Å². The van der Waals surface area contributed by atoms with Gasteiger partial charge in [-0.1, -0.05) is 0 Å². The second kappa shape index (κ2) is 8.28. The second-order valence-corrected chi connectivity index (χ2v) is 6.18. The van der Waals surface area contributed by atoms with Gasteiger partial charge >= 0.3 is 0 Å². The van der Waals surface area contributed by atoms with Crippen LogP contribution in [0.4, 0.5) is 10.8 Å². The number of hydrazone groups is 1. The maximum absolute atomic E-state index is 10.7. The number of nitrogens with zero attached hydrogens (tertiary/aromatic N) is 3. The first-order valence-electron chi connectivity index (χ1n) is 7.82. The molecule has 1 N–H and O–H groups in total. The Labute approximate surface area is 159 Å². The molecule has 3 aromatic rings. The minimum atomic E-state index is -0.430. The fourth-order valence-electron chi connectivity index (χ4n) is 2.31. The van der Waals surface area contributed by atoms with E-state index in [-0.39, 0.29) is 5.69 Å². The molecule has 2 aromatic carbocycles. The van der Waals surface area contributed by atoms with E-state index in [1.807, 2.05) is 17.5 Å². The summed E-state index contributed by atoms with van der Waals surface area (Å²) in [5.74, 6) is 1.27. The Morgan fingerprint density at radius 3 is 2.56 bits per heavy atom. The van der Waals surface area contributed by atoms with E-state index in [0.29, 0.717) is 16.6 Å². The van der Waals surface area contributed by atoms with Crippen LogP contribution in [0.2, 0.25) is 0 Å². The quantitative estimate of drug-likeness (QED) is 0.373. The Morgan fingerprint density at radius 2 is 1.89 bits per heavy atom. The lowest BCUT2D eigenvalue weighted by Gasteiger charge is -2.07. The molecular formula is C18H16N4O4S. The number of nitro groups is 1. The molecule has 138 valence electrons. The SMILES string of the molecule is COc1ccc(C=NNc2nc(-c3ccc([N+](=O)[O-])cc3)cs2)cc1OC. The molecule has 0 aliphatic carbocycles. The summed E-state index contributed by atoms with van der Waals surface area (Å²) < 4.78 is 10.5. The molecule has 3 rings (SSSR count). The molecule has 1 heterocycles. The molecule has 0 fully saturated rings. The van der Waals surface area contributed by atoms with Crippen LogP contribution in [0.3, 0.4) is 0 Å². The van der Waals surface area contributed by atoms with E-state index in [4.69, 9.17) is 9.47 Å². The average molecular weight is 384 g/mol. The number of thiazole rings is 1. The molecule has 0 aliphatic rings. The third-order valence-electron chi connectivity index (χ3n) is 3.66. The van der Waals surface area contributed by atoms with Gasteiger partial charge in [-0.15, -0.1) is 11.3 Å². The molecular weight excluding hydrogens is 368 g/mol. The highest BCUT2D eigenvalue weighted by molar-refractivity contribution is 7.14. The molecule has 9 heteroatoms. The van der Waals surface area contributed by atoms with Gasteiger partial charge in [0.25, 0.3) is 5.69 Å². The number of hydrogen-bond donors (Lipinski definition) is 1. The highest BCUT2D eigenvalue weighted by Crippen LogP contribution is 2.28. The number of nitrogens with one attached hydrogen (secondary N) is 1. The van der Waals surface area contributed by atoms with E-state index >= 15 is 0 Å². The Balaban J connectivity index is 1.67. The summed E-state index contributed by atoms with van der Waals surface area (Å²) >= 11 is 1.39. The number of ether oxygens (including phenoxy) is 2. The van der Waals surface area contributed by atoms with Gasteiger partial charge in [0.15, 0.2) is 11.5 Å². The third-order valence-corrected chi connectivity index (χ3v) is 4.41. The number of benzene rings is 2. The van der Waals surface area contributed by atoms with Gasteiger partial charge in [-0.05, 0) is 35.9 Å². The van der Waals surface area contributed by atoms with Crippen molar-refractivity contribution in [3.63, 3.8) is 0 Å². The van der Waals surface area contributed by atoms with Crippen molar-refractivity contribution in [2.24, 2.45) is 5.10 Å². The summed E-state index contributed by atoms with van der Waals surface area (Å²) in [5, 5.41) is 17.4. The number of methoxy groups -OCH3 is 2. The highest BCUT2D eigenvalue weighted by Gasteiger charge is 2.08. The van der Waals surface area contributed by atoms with Crippen LogP contribution in [0, 0.1) is 10.1 Å². The minimum Gasteiger partial charge on any atom is -0.493 e. The number of aromatic nitrogens is 1.